The zero-order valence-electron chi connectivity index (χ0n) is 14.2. The number of hydrogen-bond acceptors (Lipinski definition) is 4. The fraction of sp³-hybridized carbons (Fsp3) is 0.471. The van der Waals surface area contributed by atoms with Crippen LogP contribution in [0, 0.1) is 0 Å². The van der Waals surface area contributed by atoms with Gasteiger partial charge in [0.05, 0.1) is 6.61 Å². The second kappa shape index (κ2) is 7.44. The molecule has 24 heavy (non-hydrogen) atoms. The fourth-order valence-electron chi connectivity index (χ4n) is 2.89. The van der Waals surface area contributed by atoms with E-state index in [0.717, 1.165) is 4.90 Å². The predicted octanol–water partition coefficient (Wildman–Crippen LogP) is 0.995. The zero-order chi connectivity index (χ0) is 17.7. The smallest absolute Gasteiger partial charge is 0.325 e. The number of carbonyl (C=O) groups excluding carboxylic acids is 3. The van der Waals surface area contributed by atoms with E-state index in [1.807, 2.05) is 25.1 Å². The third-order valence-corrected chi connectivity index (χ3v) is 4.10. The highest BCUT2D eigenvalue weighted by Crippen LogP contribution is 2.32. The molecule has 0 aliphatic carbocycles. The molecule has 1 saturated heterocycles. The summed E-state index contributed by atoms with van der Waals surface area (Å²) in [5, 5.41) is 5.45. The second-order valence-corrected chi connectivity index (χ2v) is 5.87. The first kappa shape index (κ1) is 17.9. The molecule has 0 spiro atoms. The number of benzene rings is 1. The first-order valence-electron chi connectivity index (χ1n) is 7.92. The predicted molar refractivity (Wildman–Crippen MR) is 88.1 cm³/mol. The molecule has 0 radical (unpaired) electrons. The average Bonchev–Trinajstić information content (AvgIpc) is 2.81. The summed E-state index contributed by atoms with van der Waals surface area (Å²) >= 11 is 0. The Hall–Kier alpha value is -2.41. The molecule has 7 heteroatoms. The van der Waals surface area contributed by atoms with Crippen LogP contribution in [0.1, 0.15) is 25.8 Å². The van der Waals surface area contributed by atoms with Crippen molar-refractivity contribution >= 4 is 17.8 Å². The molecule has 2 rings (SSSR count). The van der Waals surface area contributed by atoms with Crippen LogP contribution >= 0.6 is 0 Å². The van der Waals surface area contributed by atoms with Gasteiger partial charge in [-0.2, -0.15) is 0 Å². The second-order valence-electron chi connectivity index (χ2n) is 5.87. The molecule has 0 saturated carbocycles. The Morgan fingerprint density at radius 3 is 2.58 bits per heavy atom. The summed E-state index contributed by atoms with van der Waals surface area (Å²) in [4.78, 5) is 38.2. The average molecular weight is 333 g/mol. The van der Waals surface area contributed by atoms with Crippen LogP contribution in [0.5, 0.6) is 0 Å². The number of imide groups is 1. The summed E-state index contributed by atoms with van der Waals surface area (Å²) < 4.78 is 4.95. The van der Waals surface area contributed by atoms with Crippen LogP contribution in [0.15, 0.2) is 30.3 Å². The SMILES string of the molecule is CC[C@@]1(c2ccccc2)NC(=O)N(CC(=O)N[C@H](C)COC)C1=O. The van der Waals surface area contributed by atoms with E-state index >= 15 is 0 Å². The Morgan fingerprint density at radius 1 is 1.33 bits per heavy atom. The van der Waals surface area contributed by atoms with Gasteiger partial charge in [0.25, 0.3) is 5.91 Å². The fourth-order valence-corrected chi connectivity index (χ4v) is 2.89. The summed E-state index contributed by atoms with van der Waals surface area (Å²) in [6.07, 6.45) is 0.403. The van der Waals surface area contributed by atoms with Crippen LogP contribution in [0.3, 0.4) is 0 Å². The molecule has 2 atom stereocenters. The number of methoxy groups -OCH3 is 1. The lowest BCUT2D eigenvalue weighted by Crippen LogP contribution is -2.46. The standard InChI is InChI=1S/C17H23N3O4/c1-4-17(13-8-6-5-7-9-13)15(22)20(16(23)19-17)10-14(21)18-12(2)11-24-3/h5-9,12H,4,10-11H2,1-3H3,(H,18,21)(H,19,23)/t12-,17+/m1/s1. The highest BCUT2D eigenvalue weighted by Gasteiger charge is 2.51. The summed E-state index contributed by atoms with van der Waals surface area (Å²) in [5.74, 6) is -0.807. The lowest BCUT2D eigenvalue weighted by molar-refractivity contribution is -0.135. The number of nitrogens with zero attached hydrogens (tertiary/aromatic N) is 1. The van der Waals surface area contributed by atoms with Crippen molar-refractivity contribution in [3.05, 3.63) is 35.9 Å². The Balaban J connectivity index is 2.15. The molecule has 1 aliphatic rings. The van der Waals surface area contributed by atoms with E-state index in [2.05, 4.69) is 10.6 Å². The van der Waals surface area contributed by atoms with Gasteiger partial charge in [0, 0.05) is 13.2 Å². The third-order valence-electron chi connectivity index (χ3n) is 4.10. The van der Waals surface area contributed by atoms with Crippen LogP contribution in [0.25, 0.3) is 0 Å². The number of nitrogens with one attached hydrogen (secondary N) is 2. The molecule has 0 bridgehead atoms. The topological polar surface area (TPSA) is 87.7 Å². The van der Waals surface area contributed by atoms with E-state index in [4.69, 9.17) is 4.74 Å². The van der Waals surface area contributed by atoms with Gasteiger partial charge in [-0.1, -0.05) is 37.3 Å². The van der Waals surface area contributed by atoms with E-state index in [1.54, 1.807) is 19.1 Å². The molecule has 1 aliphatic heterocycles. The highest BCUT2D eigenvalue weighted by molar-refractivity contribution is 6.09. The Labute approximate surface area is 141 Å². The summed E-state index contributed by atoms with van der Waals surface area (Å²) in [6.45, 7) is 3.66. The molecular weight excluding hydrogens is 310 g/mol. The van der Waals surface area contributed by atoms with Gasteiger partial charge in [0.2, 0.25) is 5.91 Å². The largest absolute Gasteiger partial charge is 0.383 e. The maximum Gasteiger partial charge on any atom is 0.325 e. The molecule has 130 valence electrons. The molecule has 7 nitrogen and oxygen atoms in total. The van der Waals surface area contributed by atoms with E-state index in [0.29, 0.717) is 18.6 Å². The number of urea groups is 1. The maximum atomic E-state index is 12.9. The first-order valence-corrected chi connectivity index (χ1v) is 7.92. The van der Waals surface area contributed by atoms with Gasteiger partial charge < -0.3 is 15.4 Å². The number of hydrogen-bond donors (Lipinski definition) is 2. The van der Waals surface area contributed by atoms with E-state index in [-0.39, 0.29) is 12.6 Å². The van der Waals surface area contributed by atoms with Gasteiger partial charge in [0.1, 0.15) is 12.1 Å². The Morgan fingerprint density at radius 2 is 2.00 bits per heavy atom. The van der Waals surface area contributed by atoms with Crippen molar-refractivity contribution in [1.82, 2.24) is 15.5 Å². The number of carbonyl (C=O) groups is 3. The Kier molecular flexibility index (Phi) is 5.56. The zero-order valence-corrected chi connectivity index (χ0v) is 14.2. The lowest BCUT2D eigenvalue weighted by Gasteiger charge is -2.25. The van der Waals surface area contributed by atoms with E-state index < -0.39 is 23.4 Å². The summed E-state index contributed by atoms with van der Waals surface area (Å²) in [6, 6.07) is 8.31. The molecule has 1 fully saturated rings. The van der Waals surface area contributed by atoms with Crippen LogP contribution in [-0.2, 0) is 19.9 Å². The summed E-state index contributed by atoms with van der Waals surface area (Å²) in [7, 11) is 1.54. The van der Waals surface area contributed by atoms with Crippen molar-refractivity contribution < 1.29 is 19.1 Å². The Bertz CT molecular complexity index is 620. The van der Waals surface area contributed by atoms with Crippen molar-refractivity contribution in [1.29, 1.82) is 0 Å². The molecule has 4 amide bonds. The highest BCUT2D eigenvalue weighted by atomic mass is 16.5. The van der Waals surface area contributed by atoms with Crippen molar-refractivity contribution in [2.45, 2.75) is 31.8 Å². The number of rotatable bonds is 7. The molecule has 1 aromatic rings. The van der Waals surface area contributed by atoms with Gasteiger partial charge in [-0.15, -0.1) is 0 Å². The normalized spacial score (nSPS) is 21.5. The third kappa shape index (κ3) is 3.41. The molecule has 2 N–H and O–H groups in total. The molecule has 0 aromatic heterocycles. The van der Waals surface area contributed by atoms with E-state index in [1.165, 1.54) is 7.11 Å². The van der Waals surface area contributed by atoms with Crippen molar-refractivity contribution in [3.8, 4) is 0 Å². The minimum Gasteiger partial charge on any atom is -0.383 e. The van der Waals surface area contributed by atoms with Crippen molar-refractivity contribution in [2.24, 2.45) is 0 Å². The van der Waals surface area contributed by atoms with Crippen LogP contribution in [0.4, 0.5) is 4.79 Å². The van der Waals surface area contributed by atoms with Crippen LogP contribution in [0.2, 0.25) is 0 Å². The number of ether oxygens (including phenoxy) is 1. The first-order chi connectivity index (χ1) is 11.4. The van der Waals surface area contributed by atoms with Gasteiger partial charge >= 0.3 is 6.03 Å². The van der Waals surface area contributed by atoms with Gasteiger partial charge in [-0.25, -0.2) is 4.79 Å². The molecule has 1 aromatic carbocycles. The quantitative estimate of drug-likeness (QED) is 0.729. The number of amides is 4. The molecule has 0 unspecified atom stereocenters. The maximum absolute atomic E-state index is 12.9. The van der Waals surface area contributed by atoms with Gasteiger partial charge in [0.15, 0.2) is 0 Å². The minimum atomic E-state index is -1.11. The lowest BCUT2D eigenvalue weighted by atomic mass is 9.87. The summed E-state index contributed by atoms with van der Waals surface area (Å²) in [5.41, 5.74) is -0.405. The van der Waals surface area contributed by atoms with Crippen LogP contribution < -0.4 is 10.6 Å². The monoisotopic (exact) mass is 333 g/mol. The van der Waals surface area contributed by atoms with Gasteiger partial charge in [-0.05, 0) is 18.9 Å². The van der Waals surface area contributed by atoms with E-state index in [9.17, 15) is 14.4 Å². The van der Waals surface area contributed by atoms with Crippen molar-refractivity contribution in [3.63, 3.8) is 0 Å². The van der Waals surface area contributed by atoms with Crippen LogP contribution in [-0.4, -0.2) is 49.0 Å². The molecule has 1 heterocycles. The van der Waals surface area contributed by atoms with Gasteiger partial charge in [-0.3, -0.25) is 14.5 Å². The molecular formula is C17H23N3O4. The minimum absolute atomic E-state index is 0.201. The van der Waals surface area contributed by atoms with Crippen molar-refractivity contribution in [2.75, 3.05) is 20.3 Å².